The van der Waals surface area contributed by atoms with Crippen LogP contribution in [0.4, 0.5) is 0 Å². The van der Waals surface area contributed by atoms with Crippen molar-refractivity contribution in [2.45, 2.75) is 70.8 Å². The van der Waals surface area contributed by atoms with E-state index in [1.54, 1.807) is 7.11 Å². The molecule has 0 aliphatic carbocycles. The Kier molecular flexibility index (Phi) is 10.9. The van der Waals surface area contributed by atoms with Gasteiger partial charge in [0, 0.05) is 43.3 Å². The summed E-state index contributed by atoms with van der Waals surface area (Å²) in [6, 6.07) is 24.6. The minimum atomic E-state index is -2.90. The van der Waals surface area contributed by atoms with Gasteiger partial charge in [0.05, 0.1) is 13.2 Å². The van der Waals surface area contributed by atoms with E-state index in [1.807, 2.05) is 24.3 Å². The number of methoxy groups -OCH3 is 1. The van der Waals surface area contributed by atoms with Crippen LogP contribution in [0.25, 0.3) is 0 Å². The Morgan fingerprint density at radius 1 is 0.778 bits per heavy atom. The van der Waals surface area contributed by atoms with Crippen molar-refractivity contribution >= 4 is 27.0 Å². The second-order valence-electron chi connectivity index (χ2n) is 14.5. The molecular weight excluding hydrogens is 601 g/mol. The van der Waals surface area contributed by atoms with E-state index in [2.05, 4.69) is 103 Å². The largest absolute Gasteiger partial charge is 0.496 e. The number of benzene rings is 3. The Labute approximate surface area is 271 Å². The van der Waals surface area contributed by atoms with Crippen molar-refractivity contribution in [1.82, 2.24) is 0 Å². The van der Waals surface area contributed by atoms with Crippen LogP contribution in [0.2, 0.25) is 23.2 Å². The lowest BCUT2D eigenvalue weighted by Gasteiger charge is -2.45. The van der Waals surface area contributed by atoms with E-state index in [1.165, 1.54) is 0 Å². The van der Waals surface area contributed by atoms with E-state index in [4.69, 9.17) is 23.1 Å². The van der Waals surface area contributed by atoms with Gasteiger partial charge in [-0.15, -0.1) is 0 Å². The zero-order valence-corrected chi connectivity index (χ0v) is 30.4. The number of rotatable bonds is 13. The summed E-state index contributed by atoms with van der Waals surface area (Å²) in [7, 11) is -3.67. The molecule has 0 bridgehead atoms. The monoisotopic (exact) mass is 652 g/mol. The van der Waals surface area contributed by atoms with Gasteiger partial charge < -0.3 is 33.3 Å². The number of hydrogen-bond acceptors (Lipinski definition) is 7. The third-order valence-electron chi connectivity index (χ3n) is 9.63. The molecule has 3 aromatic carbocycles. The van der Waals surface area contributed by atoms with Crippen molar-refractivity contribution in [3.05, 3.63) is 78.4 Å². The fourth-order valence-electron chi connectivity index (χ4n) is 6.01. The van der Waals surface area contributed by atoms with Crippen LogP contribution in [0.3, 0.4) is 0 Å². The predicted octanol–water partition coefficient (Wildman–Crippen LogP) is 6.28. The Morgan fingerprint density at radius 3 is 1.76 bits per heavy atom. The first-order valence-corrected chi connectivity index (χ1v) is 20.6. The molecule has 9 heteroatoms. The summed E-state index contributed by atoms with van der Waals surface area (Å²) in [6.07, 6.45) is -0.597. The Balaban J connectivity index is 1.81. The third-order valence-corrected chi connectivity index (χ3v) is 19.1. The first-order chi connectivity index (χ1) is 21.2. The van der Waals surface area contributed by atoms with E-state index >= 15 is 0 Å². The minimum absolute atomic E-state index is 0.102. The fourth-order valence-corrected chi connectivity index (χ4v) is 11.9. The summed E-state index contributed by atoms with van der Waals surface area (Å²) in [5, 5.41) is 24.1. The molecule has 0 unspecified atom stereocenters. The van der Waals surface area contributed by atoms with Crippen LogP contribution in [0, 0.1) is 11.8 Å². The maximum absolute atomic E-state index is 11.1. The van der Waals surface area contributed by atoms with Gasteiger partial charge in [0.2, 0.25) is 6.79 Å². The van der Waals surface area contributed by atoms with Gasteiger partial charge in [-0.2, -0.15) is 0 Å². The smallest absolute Gasteiger partial charge is 0.261 e. The van der Waals surface area contributed by atoms with Crippen molar-refractivity contribution in [3.63, 3.8) is 0 Å². The molecular formula is C36H52O7Si2. The summed E-state index contributed by atoms with van der Waals surface area (Å²) in [6.45, 7) is 17.6. The lowest BCUT2D eigenvalue weighted by Crippen LogP contribution is -2.67. The van der Waals surface area contributed by atoms with E-state index in [0.29, 0.717) is 17.2 Å². The SMILES string of the molecule is COc1cc2c(cc1[C@@H](O[Si](C)(C)C(C)(C)C)[C@H](CO)[C@H](CO)CO[Si](c1ccccc1)(c1ccccc1)C(C)(C)C)OCO2. The van der Waals surface area contributed by atoms with Crippen LogP contribution < -0.4 is 24.6 Å². The minimum Gasteiger partial charge on any atom is -0.496 e. The van der Waals surface area contributed by atoms with Gasteiger partial charge in [0.25, 0.3) is 8.32 Å². The van der Waals surface area contributed by atoms with Gasteiger partial charge in [-0.25, -0.2) is 0 Å². The van der Waals surface area contributed by atoms with E-state index < -0.39 is 34.6 Å². The van der Waals surface area contributed by atoms with Crippen molar-refractivity contribution in [2.75, 3.05) is 33.7 Å². The molecule has 0 amide bonds. The van der Waals surface area contributed by atoms with Crippen LogP contribution in [0.15, 0.2) is 72.8 Å². The van der Waals surface area contributed by atoms with Gasteiger partial charge in [-0.3, -0.25) is 0 Å². The quantitative estimate of drug-likeness (QED) is 0.210. The second kappa shape index (κ2) is 14.0. The highest BCUT2D eigenvalue weighted by Gasteiger charge is 2.51. The molecule has 0 saturated carbocycles. The molecule has 4 rings (SSSR count). The van der Waals surface area contributed by atoms with E-state index in [-0.39, 0.29) is 36.7 Å². The Morgan fingerprint density at radius 2 is 1.31 bits per heavy atom. The number of aliphatic hydroxyl groups excluding tert-OH is 2. The van der Waals surface area contributed by atoms with Crippen molar-refractivity contribution in [3.8, 4) is 17.2 Å². The first kappa shape index (κ1) is 35.2. The molecule has 7 nitrogen and oxygen atoms in total. The molecule has 3 aromatic rings. The maximum atomic E-state index is 11.1. The topological polar surface area (TPSA) is 86.6 Å². The van der Waals surface area contributed by atoms with Crippen molar-refractivity contribution < 1.29 is 33.3 Å². The summed E-state index contributed by atoms with van der Waals surface area (Å²) < 4.78 is 31.7. The Bertz CT molecular complexity index is 1340. The third kappa shape index (κ3) is 7.19. The maximum Gasteiger partial charge on any atom is 0.261 e. The molecule has 246 valence electrons. The Hall–Kier alpha value is -2.67. The van der Waals surface area contributed by atoms with Crippen molar-refractivity contribution in [2.24, 2.45) is 11.8 Å². The van der Waals surface area contributed by atoms with Gasteiger partial charge in [-0.1, -0.05) is 102 Å². The van der Waals surface area contributed by atoms with Crippen LogP contribution in [0.1, 0.15) is 53.2 Å². The van der Waals surface area contributed by atoms with E-state index in [0.717, 1.165) is 15.9 Å². The molecule has 0 spiro atoms. The summed E-state index contributed by atoms with van der Waals surface area (Å²) in [5.74, 6) is 0.857. The van der Waals surface area contributed by atoms with Gasteiger partial charge >= 0.3 is 0 Å². The molecule has 1 aliphatic rings. The van der Waals surface area contributed by atoms with Gasteiger partial charge in [0.1, 0.15) is 5.75 Å². The molecule has 45 heavy (non-hydrogen) atoms. The molecule has 0 aromatic heterocycles. The molecule has 2 N–H and O–H groups in total. The summed E-state index contributed by atoms with van der Waals surface area (Å²) in [4.78, 5) is 0. The second-order valence-corrected chi connectivity index (χ2v) is 23.6. The fraction of sp³-hybridized carbons (Fsp3) is 0.500. The zero-order chi connectivity index (χ0) is 33.0. The highest BCUT2D eigenvalue weighted by molar-refractivity contribution is 6.99. The van der Waals surface area contributed by atoms with Crippen LogP contribution >= 0.6 is 0 Å². The zero-order valence-electron chi connectivity index (χ0n) is 28.4. The highest BCUT2D eigenvalue weighted by Crippen LogP contribution is 2.48. The first-order valence-electron chi connectivity index (χ1n) is 15.8. The molecule has 0 saturated heterocycles. The van der Waals surface area contributed by atoms with Crippen molar-refractivity contribution in [1.29, 1.82) is 0 Å². The average molecular weight is 653 g/mol. The lowest BCUT2D eigenvalue weighted by atomic mass is 9.85. The average Bonchev–Trinajstić information content (AvgIpc) is 3.46. The summed E-state index contributed by atoms with van der Waals surface area (Å²) in [5.41, 5.74) is 0.759. The lowest BCUT2D eigenvalue weighted by molar-refractivity contribution is -0.0000461. The van der Waals surface area contributed by atoms with Crippen LogP contribution in [-0.4, -0.2) is 60.6 Å². The standard InChI is InChI=1S/C36H52O7Si2/c1-35(2,3)44(8,9)43-34(29-20-32-33(41-25-40-32)21-31(29)39-7)30(23-38)26(22-37)24-42-45(36(4,5)6,27-16-12-10-13-17-27)28-18-14-11-15-19-28/h10-21,26,30,34,37-38H,22-25H2,1-9H3/t26-,30-,34-/m1/s1. The molecule has 3 atom stereocenters. The molecule has 1 aliphatic heterocycles. The molecule has 1 heterocycles. The predicted molar refractivity (Wildman–Crippen MR) is 185 cm³/mol. The molecule has 0 fully saturated rings. The van der Waals surface area contributed by atoms with Gasteiger partial charge in [-0.05, 0) is 39.6 Å². The van der Waals surface area contributed by atoms with Crippen LogP contribution in [0.5, 0.6) is 17.2 Å². The highest BCUT2D eigenvalue weighted by atomic mass is 28.4. The summed E-state index contributed by atoms with van der Waals surface area (Å²) >= 11 is 0. The van der Waals surface area contributed by atoms with E-state index in [9.17, 15) is 10.2 Å². The molecule has 0 radical (unpaired) electrons. The number of ether oxygens (including phenoxy) is 3. The van der Waals surface area contributed by atoms with Gasteiger partial charge in [0.15, 0.2) is 19.8 Å². The number of aliphatic hydroxyl groups is 2. The number of hydrogen-bond donors (Lipinski definition) is 2. The van der Waals surface area contributed by atoms with Crippen LogP contribution in [-0.2, 0) is 8.85 Å². The normalized spacial score (nSPS) is 15.9. The number of fused-ring (bicyclic) bond motifs is 1.